The summed E-state index contributed by atoms with van der Waals surface area (Å²) >= 11 is 0. The van der Waals surface area contributed by atoms with Gasteiger partial charge in [0, 0.05) is 31.8 Å². The highest BCUT2D eigenvalue weighted by atomic mass is 19.1. The molecular weight excluding hydrogens is 325 g/mol. The van der Waals surface area contributed by atoms with E-state index in [4.69, 9.17) is 0 Å². The number of halogens is 1. The lowest BCUT2D eigenvalue weighted by Gasteiger charge is -2.39. The lowest BCUT2D eigenvalue weighted by atomic mass is 9.85. The van der Waals surface area contributed by atoms with Gasteiger partial charge in [-0.2, -0.15) is 5.10 Å². The van der Waals surface area contributed by atoms with Crippen LogP contribution in [0, 0.1) is 11.7 Å². The van der Waals surface area contributed by atoms with Gasteiger partial charge < -0.3 is 10.0 Å². The summed E-state index contributed by atoms with van der Waals surface area (Å²) < 4.78 is 14.9. The Bertz CT molecular complexity index is 789. The summed E-state index contributed by atoms with van der Waals surface area (Å²) in [7, 11) is 1.75. The molecule has 0 bridgehead atoms. The van der Waals surface area contributed by atoms with E-state index in [1.165, 1.54) is 12.1 Å². The minimum atomic E-state index is -0.919. The van der Waals surface area contributed by atoms with Crippen LogP contribution in [-0.2, 0) is 23.1 Å². The number of aryl methyl sites for hydroxylation is 1. The lowest BCUT2D eigenvalue weighted by Crippen LogP contribution is -2.46. The smallest absolute Gasteiger partial charge is 0.308 e. The van der Waals surface area contributed by atoms with Gasteiger partial charge in [-0.05, 0) is 30.5 Å². The van der Waals surface area contributed by atoms with E-state index in [0.29, 0.717) is 24.9 Å². The van der Waals surface area contributed by atoms with Gasteiger partial charge in [-0.1, -0.05) is 12.1 Å². The molecule has 1 aromatic heterocycles. The Morgan fingerprint density at radius 2 is 2.24 bits per heavy atom. The maximum atomic E-state index is 13.4. The molecule has 25 heavy (non-hydrogen) atoms. The van der Waals surface area contributed by atoms with Crippen LogP contribution in [0.25, 0.3) is 0 Å². The number of hydrogen-bond acceptors (Lipinski definition) is 3. The SMILES string of the molecule is Cn1cc([C@@H]2[C@H](C(=O)O)CCC(=O)N2CCc2cccc(F)c2)cn1. The monoisotopic (exact) mass is 345 g/mol. The summed E-state index contributed by atoms with van der Waals surface area (Å²) in [6, 6.07) is 5.67. The highest BCUT2D eigenvalue weighted by molar-refractivity contribution is 5.81. The summed E-state index contributed by atoms with van der Waals surface area (Å²) in [6.07, 6.45) is 4.33. The van der Waals surface area contributed by atoms with Gasteiger partial charge in [-0.15, -0.1) is 0 Å². The Kier molecular flexibility index (Phi) is 4.83. The van der Waals surface area contributed by atoms with Gasteiger partial charge in [-0.3, -0.25) is 14.3 Å². The van der Waals surface area contributed by atoms with Gasteiger partial charge in [0.05, 0.1) is 18.2 Å². The van der Waals surface area contributed by atoms with Crippen molar-refractivity contribution in [1.29, 1.82) is 0 Å². The second-order valence-corrected chi connectivity index (χ2v) is 6.34. The van der Waals surface area contributed by atoms with E-state index < -0.39 is 17.9 Å². The molecule has 2 aromatic rings. The van der Waals surface area contributed by atoms with E-state index in [2.05, 4.69) is 5.10 Å². The molecular formula is C18H20FN3O3. The Hall–Kier alpha value is -2.70. The Labute approximate surface area is 144 Å². The third kappa shape index (κ3) is 3.70. The zero-order valence-electron chi connectivity index (χ0n) is 13.9. The molecule has 1 fully saturated rings. The van der Waals surface area contributed by atoms with E-state index in [-0.39, 0.29) is 18.1 Å². The largest absolute Gasteiger partial charge is 0.481 e. The number of amides is 1. The van der Waals surface area contributed by atoms with E-state index >= 15 is 0 Å². The summed E-state index contributed by atoms with van der Waals surface area (Å²) in [5.41, 5.74) is 1.48. The van der Waals surface area contributed by atoms with E-state index in [1.807, 2.05) is 0 Å². The average Bonchev–Trinajstić information content (AvgIpc) is 2.99. The normalized spacial score (nSPS) is 20.7. The minimum Gasteiger partial charge on any atom is -0.481 e. The fourth-order valence-electron chi connectivity index (χ4n) is 3.42. The first-order valence-electron chi connectivity index (χ1n) is 8.21. The van der Waals surface area contributed by atoms with Crippen LogP contribution in [0.4, 0.5) is 4.39 Å². The average molecular weight is 345 g/mol. The number of nitrogens with zero attached hydrogens (tertiary/aromatic N) is 3. The topological polar surface area (TPSA) is 75.4 Å². The van der Waals surface area contributed by atoms with Crippen molar-refractivity contribution in [3.05, 3.63) is 53.6 Å². The highest BCUT2D eigenvalue weighted by Crippen LogP contribution is 2.36. The number of carboxylic acid groups (broad SMARTS) is 1. The molecule has 0 spiro atoms. The van der Waals surface area contributed by atoms with Crippen molar-refractivity contribution in [1.82, 2.24) is 14.7 Å². The van der Waals surface area contributed by atoms with Gasteiger partial charge in [0.1, 0.15) is 5.82 Å². The number of hydrogen-bond donors (Lipinski definition) is 1. The molecule has 6 nitrogen and oxygen atoms in total. The number of carbonyl (C=O) groups excluding carboxylic acids is 1. The Morgan fingerprint density at radius 1 is 1.44 bits per heavy atom. The van der Waals surface area contributed by atoms with Crippen LogP contribution < -0.4 is 0 Å². The first-order valence-corrected chi connectivity index (χ1v) is 8.21. The first-order chi connectivity index (χ1) is 12.0. The maximum Gasteiger partial charge on any atom is 0.308 e. The molecule has 1 aliphatic heterocycles. The van der Waals surface area contributed by atoms with Crippen LogP contribution in [0.1, 0.15) is 30.0 Å². The number of piperidine rings is 1. The van der Waals surface area contributed by atoms with Gasteiger partial charge in [0.15, 0.2) is 0 Å². The van der Waals surface area contributed by atoms with E-state index in [9.17, 15) is 19.1 Å². The number of likely N-dealkylation sites (tertiary alicyclic amines) is 1. The second-order valence-electron chi connectivity index (χ2n) is 6.34. The third-order valence-corrected chi connectivity index (χ3v) is 4.62. The molecule has 7 heteroatoms. The van der Waals surface area contributed by atoms with Crippen molar-refractivity contribution < 1.29 is 19.1 Å². The number of aliphatic carboxylic acids is 1. The fraction of sp³-hybridized carbons (Fsp3) is 0.389. The van der Waals surface area contributed by atoms with Gasteiger partial charge in [-0.25, -0.2) is 4.39 Å². The molecule has 0 saturated carbocycles. The quantitative estimate of drug-likeness (QED) is 0.901. The van der Waals surface area contributed by atoms with Gasteiger partial charge in [0.2, 0.25) is 5.91 Å². The molecule has 3 rings (SSSR count). The minimum absolute atomic E-state index is 0.0808. The molecule has 1 aromatic carbocycles. The van der Waals surface area contributed by atoms with Crippen LogP contribution in [0.15, 0.2) is 36.7 Å². The van der Waals surface area contributed by atoms with Crippen molar-refractivity contribution in [2.24, 2.45) is 13.0 Å². The second kappa shape index (κ2) is 7.04. The van der Waals surface area contributed by atoms with Gasteiger partial charge >= 0.3 is 5.97 Å². The molecule has 132 valence electrons. The van der Waals surface area contributed by atoms with Crippen molar-refractivity contribution >= 4 is 11.9 Å². The number of aromatic nitrogens is 2. The summed E-state index contributed by atoms with van der Waals surface area (Å²) in [6.45, 7) is 0.339. The first kappa shape index (κ1) is 17.1. The number of benzene rings is 1. The van der Waals surface area contributed by atoms with E-state index in [1.54, 1.807) is 41.2 Å². The zero-order valence-corrected chi connectivity index (χ0v) is 13.9. The fourth-order valence-corrected chi connectivity index (χ4v) is 3.42. The molecule has 0 radical (unpaired) electrons. The summed E-state index contributed by atoms with van der Waals surface area (Å²) in [4.78, 5) is 25.8. The van der Waals surface area contributed by atoms with Crippen LogP contribution in [0.3, 0.4) is 0 Å². The molecule has 0 aliphatic carbocycles. The molecule has 1 amide bonds. The maximum absolute atomic E-state index is 13.4. The predicted octanol–water partition coefficient (Wildman–Crippen LogP) is 2.17. The van der Waals surface area contributed by atoms with Crippen molar-refractivity contribution in [2.75, 3.05) is 6.54 Å². The van der Waals surface area contributed by atoms with Crippen LogP contribution in [-0.4, -0.2) is 38.2 Å². The molecule has 1 N–H and O–H groups in total. The third-order valence-electron chi connectivity index (χ3n) is 4.62. The van der Waals surface area contributed by atoms with Gasteiger partial charge in [0.25, 0.3) is 0 Å². The molecule has 0 unspecified atom stereocenters. The molecule has 2 heterocycles. The Balaban J connectivity index is 1.86. The predicted molar refractivity (Wildman–Crippen MR) is 88.1 cm³/mol. The van der Waals surface area contributed by atoms with Crippen LogP contribution >= 0.6 is 0 Å². The molecule has 1 aliphatic rings. The van der Waals surface area contributed by atoms with Crippen molar-refractivity contribution in [3.63, 3.8) is 0 Å². The summed E-state index contributed by atoms with van der Waals surface area (Å²) in [5.74, 6) is -2.00. The molecule has 1 saturated heterocycles. The van der Waals surface area contributed by atoms with Crippen molar-refractivity contribution in [2.45, 2.75) is 25.3 Å². The number of rotatable bonds is 5. The van der Waals surface area contributed by atoms with Crippen molar-refractivity contribution in [3.8, 4) is 0 Å². The standard InChI is InChI=1S/C18H20FN3O3/c1-21-11-13(10-20-21)17-15(18(24)25)5-6-16(23)22(17)8-7-12-3-2-4-14(19)9-12/h2-4,9-11,15,17H,5-8H2,1H3,(H,24,25)/t15-,17-/m1/s1. The molecule has 2 atom stereocenters. The lowest BCUT2D eigenvalue weighted by molar-refractivity contribution is -0.152. The zero-order chi connectivity index (χ0) is 18.0. The summed E-state index contributed by atoms with van der Waals surface area (Å²) in [5, 5.41) is 13.7. The van der Waals surface area contributed by atoms with Crippen LogP contribution in [0.5, 0.6) is 0 Å². The number of carbonyl (C=O) groups is 2. The highest BCUT2D eigenvalue weighted by Gasteiger charge is 2.41. The number of carboxylic acids is 1. The van der Waals surface area contributed by atoms with E-state index in [0.717, 1.165) is 5.56 Å². The Morgan fingerprint density at radius 3 is 2.88 bits per heavy atom. The van der Waals surface area contributed by atoms with Crippen LogP contribution in [0.2, 0.25) is 0 Å².